The molecule has 2 aromatic carbocycles. The van der Waals surface area contributed by atoms with Gasteiger partial charge in [-0.05, 0) is 42.5 Å². The van der Waals surface area contributed by atoms with Crippen LogP contribution >= 0.6 is 23.5 Å². The van der Waals surface area contributed by atoms with Crippen LogP contribution in [0.1, 0.15) is 0 Å². The summed E-state index contributed by atoms with van der Waals surface area (Å²) in [5.41, 5.74) is 2.96. The van der Waals surface area contributed by atoms with Crippen molar-refractivity contribution in [2.45, 2.75) is 9.79 Å². The predicted octanol–water partition coefficient (Wildman–Crippen LogP) is 4.45. The molecule has 0 radical (unpaired) electrons. The lowest BCUT2D eigenvalue weighted by Crippen LogP contribution is -2.32. The summed E-state index contributed by atoms with van der Waals surface area (Å²) in [5.74, 6) is 2.78. The number of imidazole rings is 1. The maximum absolute atomic E-state index is 11.3. The number of H-pyrrole nitrogens is 1. The average Bonchev–Trinajstić information content (AvgIpc) is 3.10. The maximum atomic E-state index is 11.3. The van der Waals surface area contributed by atoms with Crippen molar-refractivity contribution in [2.24, 2.45) is 0 Å². The van der Waals surface area contributed by atoms with Gasteiger partial charge in [-0.1, -0.05) is 11.8 Å². The quantitative estimate of drug-likeness (QED) is 0.674. The lowest BCUT2D eigenvalue weighted by atomic mass is 10.3. The molecule has 0 saturated carbocycles. The average molecular weight is 401 g/mol. The minimum atomic E-state index is -0.545. The van der Waals surface area contributed by atoms with E-state index in [0.29, 0.717) is 5.95 Å². The van der Waals surface area contributed by atoms with Crippen LogP contribution in [-0.4, -0.2) is 47.8 Å². The first-order valence-corrected chi connectivity index (χ1v) is 10.6. The first-order valence-electron chi connectivity index (χ1n) is 8.66. The Balaban J connectivity index is 1.46. The van der Waals surface area contributed by atoms with Crippen molar-refractivity contribution in [3.63, 3.8) is 0 Å². The van der Waals surface area contributed by atoms with E-state index in [1.54, 1.807) is 11.8 Å². The molecule has 1 aliphatic rings. The van der Waals surface area contributed by atoms with Crippen LogP contribution in [0.5, 0.6) is 0 Å². The number of benzene rings is 2. The number of aromatic nitrogens is 2. The van der Waals surface area contributed by atoms with Gasteiger partial charge in [-0.3, -0.25) is 5.32 Å². The summed E-state index contributed by atoms with van der Waals surface area (Å²) >= 11 is 3.72. The zero-order chi connectivity index (χ0) is 18.6. The van der Waals surface area contributed by atoms with Gasteiger partial charge in [-0.2, -0.15) is 11.8 Å². The highest BCUT2D eigenvalue weighted by Crippen LogP contribution is 2.31. The number of nitrogens with one attached hydrogen (secondary N) is 2. The molecule has 4 rings (SSSR count). The van der Waals surface area contributed by atoms with Crippen molar-refractivity contribution < 1.29 is 9.53 Å². The molecule has 1 amide bonds. The number of hydrogen-bond acceptors (Lipinski definition) is 6. The minimum Gasteiger partial charge on any atom is -0.453 e. The van der Waals surface area contributed by atoms with Gasteiger partial charge in [0.1, 0.15) is 0 Å². The molecule has 1 aliphatic heterocycles. The molecule has 27 heavy (non-hydrogen) atoms. The summed E-state index contributed by atoms with van der Waals surface area (Å²) in [7, 11) is 1.32. The molecule has 8 heteroatoms. The Hall–Kier alpha value is -2.32. The molecular formula is C19H20N4O2S2. The normalized spacial score (nSPS) is 14.3. The first kappa shape index (κ1) is 18.1. The summed E-state index contributed by atoms with van der Waals surface area (Å²) in [6.07, 6.45) is -0.545. The summed E-state index contributed by atoms with van der Waals surface area (Å²) in [6, 6.07) is 14.7. The van der Waals surface area contributed by atoms with Crippen LogP contribution in [0.3, 0.4) is 0 Å². The van der Waals surface area contributed by atoms with Crippen LogP contribution in [-0.2, 0) is 4.74 Å². The molecule has 1 aromatic heterocycles. The van der Waals surface area contributed by atoms with E-state index in [1.165, 1.54) is 29.2 Å². The van der Waals surface area contributed by atoms with Crippen molar-refractivity contribution >= 4 is 52.3 Å². The van der Waals surface area contributed by atoms with Gasteiger partial charge < -0.3 is 14.6 Å². The number of thioether (sulfide) groups is 1. The third kappa shape index (κ3) is 4.33. The van der Waals surface area contributed by atoms with Gasteiger partial charge >= 0.3 is 6.09 Å². The van der Waals surface area contributed by atoms with Crippen molar-refractivity contribution in [1.29, 1.82) is 0 Å². The van der Waals surface area contributed by atoms with E-state index in [4.69, 9.17) is 0 Å². The summed E-state index contributed by atoms with van der Waals surface area (Å²) in [4.78, 5) is 23.5. The largest absolute Gasteiger partial charge is 0.453 e. The van der Waals surface area contributed by atoms with Crippen LogP contribution in [0.25, 0.3) is 11.0 Å². The molecule has 0 aliphatic carbocycles. The summed E-state index contributed by atoms with van der Waals surface area (Å²) < 4.78 is 4.59. The molecule has 0 spiro atoms. The predicted molar refractivity (Wildman–Crippen MR) is 112 cm³/mol. The van der Waals surface area contributed by atoms with Crippen LogP contribution < -0.4 is 10.2 Å². The van der Waals surface area contributed by atoms with Gasteiger partial charge in [0.05, 0.1) is 18.1 Å². The Labute approximate surface area is 166 Å². The van der Waals surface area contributed by atoms with E-state index in [1.807, 2.05) is 30.0 Å². The molecule has 6 nitrogen and oxygen atoms in total. The van der Waals surface area contributed by atoms with Gasteiger partial charge in [0, 0.05) is 40.1 Å². The Morgan fingerprint density at radius 3 is 2.67 bits per heavy atom. The molecule has 0 bridgehead atoms. The number of anilines is 2. The number of carbonyl (C=O) groups excluding carboxylic acids is 1. The van der Waals surface area contributed by atoms with Crippen LogP contribution in [0, 0.1) is 0 Å². The lowest BCUT2D eigenvalue weighted by molar-refractivity contribution is 0.186. The SMILES string of the molecule is COC(=O)Nc1nc2cc(Sc3ccc(N4CCSCC4)cc3)ccc2[nH]1. The van der Waals surface area contributed by atoms with E-state index in [-0.39, 0.29) is 0 Å². The fourth-order valence-electron chi connectivity index (χ4n) is 2.94. The van der Waals surface area contributed by atoms with Gasteiger partial charge in [0.25, 0.3) is 0 Å². The molecule has 1 saturated heterocycles. The summed E-state index contributed by atoms with van der Waals surface area (Å²) in [6.45, 7) is 2.24. The van der Waals surface area contributed by atoms with Crippen molar-refractivity contribution in [3.05, 3.63) is 42.5 Å². The fraction of sp³-hybridized carbons (Fsp3) is 0.263. The van der Waals surface area contributed by atoms with E-state index in [9.17, 15) is 4.79 Å². The van der Waals surface area contributed by atoms with Crippen LogP contribution in [0.4, 0.5) is 16.4 Å². The van der Waals surface area contributed by atoms with Gasteiger partial charge in [0.15, 0.2) is 0 Å². The van der Waals surface area contributed by atoms with Crippen molar-refractivity contribution in [3.8, 4) is 0 Å². The van der Waals surface area contributed by atoms with E-state index in [0.717, 1.165) is 29.0 Å². The zero-order valence-corrected chi connectivity index (χ0v) is 16.5. The fourth-order valence-corrected chi connectivity index (χ4v) is 4.69. The second-order valence-corrected chi connectivity index (χ2v) is 8.45. The highest BCUT2D eigenvalue weighted by molar-refractivity contribution is 7.99. The highest BCUT2D eigenvalue weighted by Gasteiger charge is 2.11. The minimum absolute atomic E-state index is 0.378. The Bertz CT molecular complexity index is 937. The third-order valence-electron chi connectivity index (χ3n) is 4.31. The van der Waals surface area contributed by atoms with Crippen molar-refractivity contribution in [1.82, 2.24) is 9.97 Å². The zero-order valence-electron chi connectivity index (χ0n) is 14.9. The second-order valence-electron chi connectivity index (χ2n) is 6.08. The number of rotatable bonds is 4. The Morgan fingerprint density at radius 1 is 1.19 bits per heavy atom. The Morgan fingerprint density at radius 2 is 1.93 bits per heavy atom. The smallest absolute Gasteiger partial charge is 0.413 e. The molecular weight excluding hydrogens is 380 g/mol. The molecule has 2 N–H and O–H groups in total. The number of methoxy groups -OCH3 is 1. The van der Waals surface area contributed by atoms with E-state index >= 15 is 0 Å². The number of ether oxygens (including phenoxy) is 1. The molecule has 3 aromatic rings. The number of carbonyl (C=O) groups is 1. The van der Waals surface area contributed by atoms with E-state index in [2.05, 4.69) is 49.2 Å². The van der Waals surface area contributed by atoms with Crippen LogP contribution in [0.2, 0.25) is 0 Å². The van der Waals surface area contributed by atoms with Gasteiger partial charge in [0.2, 0.25) is 5.95 Å². The highest BCUT2D eigenvalue weighted by atomic mass is 32.2. The number of hydrogen-bond donors (Lipinski definition) is 2. The maximum Gasteiger partial charge on any atom is 0.413 e. The first-order chi connectivity index (χ1) is 13.2. The number of nitrogens with zero attached hydrogens (tertiary/aromatic N) is 2. The molecule has 140 valence electrons. The lowest BCUT2D eigenvalue weighted by Gasteiger charge is -2.28. The molecule has 1 fully saturated rings. The van der Waals surface area contributed by atoms with Crippen molar-refractivity contribution in [2.75, 3.05) is 41.9 Å². The number of fused-ring (bicyclic) bond motifs is 1. The van der Waals surface area contributed by atoms with E-state index < -0.39 is 6.09 Å². The monoisotopic (exact) mass is 400 g/mol. The Kier molecular flexibility index (Phi) is 5.45. The van der Waals surface area contributed by atoms with Crippen LogP contribution in [0.15, 0.2) is 52.3 Å². The molecule has 0 unspecified atom stereocenters. The number of aromatic amines is 1. The van der Waals surface area contributed by atoms with Gasteiger partial charge in [-0.25, -0.2) is 9.78 Å². The molecule has 0 atom stereocenters. The van der Waals surface area contributed by atoms with Gasteiger partial charge in [-0.15, -0.1) is 0 Å². The second kappa shape index (κ2) is 8.14. The topological polar surface area (TPSA) is 70.2 Å². The molecule has 2 heterocycles. The summed E-state index contributed by atoms with van der Waals surface area (Å²) in [5, 5.41) is 2.55. The number of amides is 1. The third-order valence-corrected chi connectivity index (χ3v) is 6.25. The standard InChI is InChI=1S/C19H20N4O2S2/c1-25-19(24)22-18-20-16-7-6-15(12-17(16)21-18)27-14-4-2-13(3-5-14)23-8-10-26-11-9-23/h2-7,12H,8-11H2,1H3,(H2,20,21,22,24).